The van der Waals surface area contributed by atoms with Crippen LogP contribution in [0.3, 0.4) is 0 Å². The molecule has 4 nitrogen and oxygen atoms in total. The molecule has 0 saturated heterocycles. The Bertz CT molecular complexity index is 656. The van der Waals surface area contributed by atoms with Crippen LogP contribution < -0.4 is 5.32 Å². The highest BCUT2D eigenvalue weighted by molar-refractivity contribution is 9.10. The van der Waals surface area contributed by atoms with E-state index in [1.807, 2.05) is 12.1 Å². The molecular formula is C15H15BrN2O2. The third kappa shape index (κ3) is 3.57. The van der Waals surface area contributed by atoms with Crippen molar-refractivity contribution in [2.75, 3.05) is 5.32 Å². The maximum absolute atomic E-state index is 10.8. The van der Waals surface area contributed by atoms with Gasteiger partial charge >= 0.3 is 0 Å². The van der Waals surface area contributed by atoms with Gasteiger partial charge in [-0.3, -0.25) is 10.1 Å². The molecule has 2 aromatic carbocycles. The molecule has 0 aliphatic heterocycles. The van der Waals surface area contributed by atoms with E-state index in [2.05, 4.69) is 47.2 Å². The Morgan fingerprint density at radius 2 is 1.90 bits per heavy atom. The Balaban J connectivity index is 2.14. The van der Waals surface area contributed by atoms with Gasteiger partial charge in [0.25, 0.3) is 5.69 Å². The van der Waals surface area contributed by atoms with Crippen LogP contribution in [0.15, 0.2) is 40.9 Å². The lowest BCUT2D eigenvalue weighted by atomic mass is 10.1. The Hall–Kier alpha value is -1.88. The largest absolute Gasteiger partial charge is 0.381 e. The fraction of sp³-hybridized carbons (Fsp3) is 0.200. The molecule has 0 aromatic heterocycles. The number of hydrogen-bond acceptors (Lipinski definition) is 3. The highest BCUT2D eigenvalue weighted by Crippen LogP contribution is 2.22. The lowest BCUT2D eigenvalue weighted by Crippen LogP contribution is -2.01. The minimum atomic E-state index is -0.385. The fourth-order valence-corrected chi connectivity index (χ4v) is 2.42. The third-order valence-electron chi connectivity index (χ3n) is 3.16. The van der Waals surface area contributed by atoms with E-state index in [9.17, 15) is 10.1 Å². The van der Waals surface area contributed by atoms with Crippen LogP contribution in [0.2, 0.25) is 0 Å². The third-order valence-corrected chi connectivity index (χ3v) is 3.61. The lowest BCUT2D eigenvalue weighted by Gasteiger charge is -2.09. The molecule has 0 amide bonds. The highest BCUT2D eigenvalue weighted by Gasteiger charge is 2.08. The number of nitrogens with one attached hydrogen (secondary N) is 1. The summed E-state index contributed by atoms with van der Waals surface area (Å²) in [6.45, 7) is 4.67. The molecule has 0 unspecified atom stereocenters. The smallest absolute Gasteiger partial charge is 0.270 e. The standard InChI is InChI=1S/C15H15BrN2O2/c1-10-3-4-14(5-11(10)2)17-9-12-6-13(16)8-15(7-12)18(19)20/h3-8,17H,9H2,1-2H3. The molecule has 0 radical (unpaired) electrons. The van der Waals surface area contributed by atoms with Gasteiger partial charge in [-0.15, -0.1) is 0 Å². The maximum Gasteiger partial charge on any atom is 0.270 e. The van der Waals surface area contributed by atoms with Gasteiger partial charge in [-0.25, -0.2) is 0 Å². The van der Waals surface area contributed by atoms with Crippen molar-refractivity contribution in [3.63, 3.8) is 0 Å². The summed E-state index contributed by atoms with van der Waals surface area (Å²) in [4.78, 5) is 10.4. The van der Waals surface area contributed by atoms with Gasteiger partial charge in [0.05, 0.1) is 4.92 Å². The molecule has 5 heteroatoms. The van der Waals surface area contributed by atoms with Crippen LogP contribution in [0.1, 0.15) is 16.7 Å². The second-order valence-corrected chi connectivity index (χ2v) is 5.64. The van der Waals surface area contributed by atoms with Crippen LogP contribution in [0.4, 0.5) is 11.4 Å². The number of nitro groups is 1. The summed E-state index contributed by atoms with van der Waals surface area (Å²) in [6.07, 6.45) is 0. The predicted molar refractivity (Wildman–Crippen MR) is 84.0 cm³/mol. The molecule has 20 heavy (non-hydrogen) atoms. The zero-order valence-corrected chi connectivity index (χ0v) is 12.9. The van der Waals surface area contributed by atoms with Crippen LogP contribution in [-0.4, -0.2) is 4.92 Å². The quantitative estimate of drug-likeness (QED) is 0.657. The van der Waals surface area contributed by atoms with Crippen LogP contribution >= 0.6 is 15.9 Å². The first-order chi connectivity index (χ1) is 9.45. The van der Waals surface area contributed by atoms with E-state index in [0.717, 1.165) is 11.3 Å². The summed E-state index contributed by atoms with van der Waals surface area (Å²) >= 11 is 3.30. The van der Waals surface area contributed by atoms with Gasteiger partial charge in [0, 0.05) is 28.8 Å². The summed E-state index contributed by atoms with van der Waals surface area (Å²) in [5, 5.41) is 14.1. The highest BCUT2D eigenvalue weighted by atomic mass is 79.9. The van der Waals surface area contributed by atoms with Crippen LogP contribution in [0.25, 0.3) is 0 Å². The van der Waals surface area contributed by atoms with Gasteiger partial charge in [0.1, 0.15) is 0 Å². The molecule has 0 atom stereocenters. The van der Waals surface area contributed by atoms with Crippen LogP contribution in [0.5, 0.6) is 0 Å². The Morgan fingerprint density at radius 1 is 1.15 bits per heavy atom. The van der Waals surface area contributed by atoms with Crippen molar-refractivity contribution in [1.29, 1.82) is 0 Å². The van der Waals surface area contributed by atoms with Gasteiger partial charge in [-0.1, -0.05) is 22.0 Å². The van der Waals surface area contributed by atoms with E-state index in [0.29, 0.717) is 11.0 Å². The zero-order chi connectivity index (χ0) is 14.7. The van der Waals surface area contributed by atoms with Gasteiger partial charge in [-0.2, -0.15) is 0 Å². The number of anilines is 1. The number of non-ortho nitro benzene ring substituents is 1. The van der Waals surface area contributed by atoms with Gasteiger partial charge in [0.15, 0.2) is 0 Å². The minimum Gasteiger partial charge on any atom is -0.381 e. The molecule has 104 valence electrons. The maximum atomic E-state index is 10.8. The fourth-order valence-electron chi connectivity index (χ4n) is 1.90. The predicted octanol–water partition coefficient (Wildman–Crippen LogP) is 4.59. The first-order valence-corrected chi connectivity index (χ1v) is 7.00. The van der Waals surface area contributed by atoms with E-state index in [1.54, 1.807) is 6.07 Å². The lowest BCUT2D eigenvalue weighted by molar-refractivity contribution is -0.385. The number of benzene rings is 2. The van der Waals surface area contributed by atoms with Gasteiger partial charge in [0.2, 0.25) is 0 Å². The van der Waals surface area contributed by atoms with Crippen LogP contribution in [-0.2, 0) is 6.54 Å². The second-order valence-electron chi connectivity index (χ2n) is 4.73. The van der Waals surface area contributed by atoms with Crippen molar-refractivity contribution in [3.8, 4) is 0 Å². The molecule has 2 rings (SSSR count). The molecule has 2 aromatic rings. The topological polar surface area (TPSA) is 55.2 Å². The van der Waals surface area contributed by atoms with Crippen molar-refractivity contribution in [2.45, 2.75) is 20.4 Å². The number of hydrogen-bond donors (Lipinski definition) is 1. The molecule has 0 spiro atoms. The van der Waals surface area contributed by atoms with Gasteiger partial charge in [-0.05, 0) is 48.7 Å². The summed E-state index contributed by atoms with van der Waals surface area (Å²) in [5.41, 5.74) is 4.43. The molecular weight excluding hydrogens is 320 g/mol. The minimum absolute atomic E-state index is 0.0938. The number of nitro benzene ring substituents is 1. The van der Waals surface area contributed by atoms with E-state index in [1.165, 1.54) is 17.2 Å². The summed E-state index contributed by atoms with van der Waals surface area (Å²) in [7, 11) is 0. The van der Waals surface area contributed by atoms with E-state index < -0.39 is 0 Å². The van der Waals surface area contributed by atoms with Crippen molar-refractivity contribution in [2.24, 2.45) is 0 Å². The zero-order valence-electron chi connectivity index (χ0n) is 11.3. The van der Waals surface area contributed by atoms with Gasteiger partial charge < -0.3 is 5.32 Å². The average molecular weight is 335 g/mol. The summed E-state index contributed by atoms with van der Waals surface area (Å²) < 4.78 is 0.712. The second kappa shape index (κ2) is 6.05. The Kier molecular flexibility index (Phi) is 4.39. The Morgan fingerprint density at radius 3 is 2.55 bits per heavy atom. The number of nitrogens with zero attached hydrogens (tertiary/aromatic N) is 1. The average Bonchev–Trinajstić information content (AvgIpc) is 2.39. The van der Waals surface area contributed by atoms with Crippen molar-refractivity contribution < 1.29 is 4.92 Å². The van der Waals surface area contributed by atoms with E-state index in [4.69, 9.17) is 0 Å². The normalized spacial score (nSPS) is 10.3. The molecule has 0 fully saturated rings. The SMILES string of the molecule is Cc1ccc(NCc2cc(Br)cc([N+](=O)[O-])c2)cc1C. The number of halogens is 1. The molecule has 0 saturated carbocycles. The summed E-state index contributed by atoms with van der Waals surface area (Å²) in [6, 6.07) is 11.1. The molecule has 0 heterocycles. The first-order valence-electron chi connectivity index (χ1n) is 6.20. The first kappa shape index (κ1) is 14.5. The van der Waals surface area contributed by atoms with Crippen molar-refractivity contribution >= 4 is 27.3 Å². The molecule has 0 aliphatic rings. The van der Waals surface area contributed by atoms with Crippen molar-refractivity contribution in [3.05, 3.63) is 67.7 Å². The Labute approximate surface area is 126 Å². The monoisotopic (exact) mass is 334 g/mol. The molecule has 0 aliphatic carbocycles. The molecule has 0 bridgehead atoms. The molecule has 1 N–H and O–H groups in total. The summed E-state index contributed by atoms with van der Waals surface area (Å²) in [5.74, 6) is 0. The number of rotatable bonds is 4. The van der Waals surface area contributed by atoms with E-state index >= 15 is 0 Å². The van der Waals surface area contributed by atoms with E-state index in [-0.39, 0.29) is 10.6 Å². The number of aryl methyl sites for hydroxylation is 2. The van der Waals surface area contributed by atoms with Crippen LogP contribution in [0, 0.1) is 24.0 Å². The van der Waals surface area contributed by atoms with Crippen molar-refractivity contribution in [1.82, 2.24) is 0 Å².